The first kappa shape index (κ1) is 19.3. The zero-order valence-corrected chi connectivity index (χ0v) is 17.4. The van der Waals surface area contributed by atoms with E-state index in [0.717, 1.165) is 12.1 Å². The summed E-state index contributed by atoms with van der Waals surface area (Å²) in [5.74, 6) is 1.04. The Balaban J connectivity index is 1.65. The fraction of sp³-hybridized carbons (Fsp3) is 0.190. The molecular weight excluding hydrogens is 416 g/mol. The largest absolute Gasteiger partial charge is 0.358 e. The fourth-order valence-electron chi connectivity index (χ4n) is 3.60. The third-order valence-corrected chi connectivity index (χ3v) is 5.46. The molecule has 5 rings (SSSR count). The van der Waals surface area contributed by atoms with Gasteiger partial charge in [-0.1, -0.05) is 35.9 Å². The van der Waals surface area contributed by atoms with Crippen LogP contribution in [-0.2, 0) is 0 Å². The van der Waals surface area contributed by atoms with E-state index in [4.69, 9.17) is 16.6 Å². The van der Waals surface area contributed by atoms with Gasteiger partial charge in [0.15, 0.2) is 17.3 Å². The number of nitrogens with zero attached hydrogens (tertiary/aromatic N) is 5. The topological polar surface area (TPSA) is 113 Å². The Morgan fingerprint density at radius 3 is 2.87 bits per heavy atom. The van der Waals surface area contributed by atoms with Crippen LogP contribution >= 0.6 is 11.6 Å². The molecular formula is C21H19ClN8O. The normalized spacial score (nSPS) is 14.1. The van der Waals surface area contributed by atoms with Crippen LogP contribution in [0.2, 0.25) is 0 Å². The average molecular weight is 435 g/mol. The first-order valence-electron chi connectivity index (χ1n) is 9.86. The molecule has 1 aromatic carbocycles. The van der Waals surface area contributed by atoms with Crippen molar-refractivity contribution in [3.05, 3.63) is 69.7 Å². The van der Waals surface area contributed by atoms with Crippen LogP contribution in [0, 0.1) is 0 Å². The second kappa shape index (κ2) is 7.84. The molecule has 1 atom stereocenters. The maximum absolute atomic E-state index is 13.4. The van der Waals surface area contributed by atoms with Gasteiger partial charge in [0.25, 0.3) is 5.56 Å². The van der Waals surface area contributed by atoms with E-state index in [-0.39, 0.29) is 11.6 Å². The molecule has 0 bridgehead atoms. The van der Waals surface area contributed by atoms with Crippen molar-refractivity contribution in [3.63, 3.8) is 0 Å². The van der Waals surface area contributed by atoms with E-state index in [2.05, 4.69) is 30.7 Å². The molecule has 9 nitrogen and oxygen atoms in total. The number of imidazole rings is 1. The third-order valence-electron chi connectivity index (χ3n) is 5.08. The third kappa shape index (κ3) is 3.53. The molecule has 1 aliphatic rings. The SMILES string of the molecule is C[C@H](Nc1ncnc2[nH]cnc12)c1nc2c(c(=O)n1Nc1ccccc1)=C(Cl)CCC=2. The number of rotatable bonds is 5. The molecule has 3 heterocycles. The van der Waals surface area contributed by atoms with E-state index in [1.54, 1.807) is 6.33 Å². The molecule has 0 aliphatic heterocycles. The van der Waals surface area contributed by atoms with Crippen LogP contribution in [0.15, 0.2) is 47.8 Å². The number of para-hydroxylation sites is 1. The Morgan fingerprint density at radius 1 is 1.19 bits per heavy atom. The van der Waals surface area contributed by atoms with E-state index in [0.29, 0.717) is 44.8 Å². The smallest absolute Gasteiger partial charge is 0.281 e. The summed E-state index contributed by atoms with van der Waals surface area (Å²) in [6.45, 7) is 1.91. The zero-order valence-electron chi connectivity index (χ0n) is 16.6. The lowest BCUT2D eigenvalue weighted by Crippen LogP contribution is -2.52. The van der Waals surface area contributed by atoms with Crippen molar-refractivity contribution in [1.82, 2.24) is 29.6 Å². The van der Waals surface area contributed by atoms with E-state index in [1.165, 1.54) is 11.0 Å². The number of fused-ring (bicyclic) bond motifs is 2. The summed E-state index contributed by atoms with van der Waals surface area (Å²) in [4.78, 5) is 33.9. The summed E-state index contributed by atoms with van der Waals surface area (Å²) in [5, 5.41) is 4.87. The highest BCUT2D eigenvalue weighted by Crippen LogP contribution is 2.20. The van der Waals surface area contributed by atoms with E-state index >= 15 is 0 Å². The number of H-pyrrole nitrogens is 1. The molecule has 0 spiro atoms. The first-order valence-corrected chi connectivity index (χ1v) is 10.2. The van der Waals surface area contributed by atoms with Gasteiger partial charge in [-0.15, -0.1) is 0 Å². The lowest BCUT2D eigenvalue weighted by molar-refractivity contribution is 0.676. The van der Waals surface area contributed by atoms with Gasteiger partial charge >= 0.3 is 0 Å². The van der Waals surface area contributed by atoms with Crippen molar-refractivity contribution in [2.75, 3.05) is 10.7 Å². The van der Waals surface area contributed by atoms with Gasteiger partial charge in [0.05, 0.1) is 28.6 Å². The molecule has 0 unspecified atom stereocenters. The maximum Gasteiger partial charge on any atom is 0.281 e. The summed E-state index contributed by atoms with van der Waals surface area (Å²) in [5.41, 5.74) is 4.92. The Hall–Kier alpha value is -3.72. The minimum Gasteiger partial charge on any atom is -0.358 e. The van der Waals surface area contributed by atoms with Crippen LogP contribution < -0.4 is 26.9 Å². The maximum atomic E-state index is 13.4. The number of anilines is 2. The highest BCUT2D eigenvalue weighted by atomic mass is 35.5. The molecule has 3 N–H and O–H groups in total. The second-order valence-electron chi connectivity index (χ2n) is 7.18. The predicted octanol–water partition coefficient (Wildman–Crippen LogP) is 1.88. The minimum absolute atomic E-state index is 0.244. The molecule has 31 heavy (non-hydrogen) atoms. The molecule has 1 aliphatic carbocycles. The van der Waals surface area contributed by atoms with Gasteiger partial charge in [-0.25, -0.2) is 24.6 Å². The van der Waals surface area contributed by atoms with Crippen molar-refractivity contribution in [3.8, 4) is 0 Å². The van der Waals surface area contributed by atoms with Crippen LogP contribution in [0.3, 0.4) is 0 Å². The minimum atomic E-state index is -0.377. The van der Waals surface area contributed by atoms with Crippen LogP contribution in [0.4, 0.5) is 11.5 Å². The number of nitrogens with one attached hydrogen (secondary N) is 3. The van der Waals surface area contributed by atoms with Crippen LogP contribution in [-0.4, -0.2) is 29.6 Å². The highest BCUT2D eigenvalue weighted by molar-refractivity contribution is 6.45. The quantitative estimate of drug-likeness (QED) is 0.439. The molecule has 4 aromatic rings. The van der Waals surface area contributed by atoms with Crippen LogP contribution in [0.5, 0.6) is 0 Å². The highest BCUT2D eigenvalue weighted by Gasteiger charge is 2.20. The molecule has 10 heteroatoms. The Labute approximate surface area is 181 Å². The van der Waals surface area contributed by atoms with E-state index in [1.807, 2.05) is 43.3 Å². The monoisotopic (exact) mass is 434 g/mol. The molecule has 0 saturated carbocycles. The molecule has 0 fully saturated rings. The number of aromatic nitrogens is 6. The number of benzene rings is 1. The van der Waals surface area contributed by atoms with Gasteiger partial charge in [-0.05, 0) is 31.9 Å². The zero-order chi connectivity index (χ0) is 21.4. The molecule has 156 valence electrons. The van der Waals surface area contributed by atoms with E-state index in [9.17, 15) is 4.79 Å². The lowest BCUT2D eigenvalue weighted by atomic mass is 10.1. The summed E-state index contributed by atoms with van der Waals surface area (Å²) < 4.78 is 1.44. The fourth-order valence-corrected chi connectivity index (χ4v) is 3.88. The Kier molecular flexibility index (Phi) is 4.87. The summed E-state index contributed by atoms with van der Waals surface area (Å²) in [6.07, 6.45) is 6.33. The van der Waals surface area contributed by atoms with Crippen LogP contribution in [0.25, 0.3) is 22.3 Å². The van der Waals surface area contributed by atoms with Gasteiger partial charge in [-0.2, -0.15) is 0 Å². The van der Waals surface area contributed by atoms with Gasteiger partial charge < -0.3 is 10.3 Å². The summed E-state index contributed by atoms with van der Waals surface area (Å²) in [7, 11) is 0. The van der Waals surface area contributed by atoms with E-state index < -0.39 is 0 Å². The standard InChI is InChI=1S/C21H19ClN8O/c1-12(27-19-17-18(24-10-23-17)25-11-26-19)20-28-15-9-5-8-14(22)16(15)21(31)30(20)29-13-6-3-2-4-7-13/h2-4,6-7,9-12,29H,5,8H2,1H3,(H2,23,24,25,26,27)/t12-/m0/s1. The van der Waals surface area contributed by atoms with Crippen molar-refractivity contribution in [2.45, 2.75) is 25.8 Å². The number of halogens is 1. The van der Waals surface area contributed by atoms with Crippen molar-refractivity contribution in [1.29, 1.82) is 0 Å². The first-order chi connectivity index (χ1) is 15.1. The van der Waals surface area contributed by atoms with Gasteiger partial charge in [0.2, 0.25) is 0 Å². The van der Waals surface area contributed by atoms with Gasteiger partial charge in [0.1, 0.15) is 11.8 Å². The van der Waals surface area contributed by atoms with Crippen molar-refractivity contribution in [2.24, 2.45) is 0 Å². The number of aromatic amines is 1. The Bertz CT molecular complexity index is 1440. The van der Waals surface area contributed by atoms with Crippen molar-refractivity contribution < 1.29 is 0 Å². The lowest BCUT2D eigenvalue weighted by Gasteiger charge is -2.21. The number of hydrogen-bond donors (Lipinski definition) is 3. The molecule has 0 saturated heterocycles. The van der Waals surface area contributed by atoms with Gasteiger partial charge in [-0.3, -0.25) is 10.2 Å². The summed E-state index contributed by atoms with van der Waals surface area (Å²) in [6, 6.07) is 9.07. The molecule has 0 radical (unpaired) electrons. The molecule has 0 amide bonds. The molecule has 3 aromatic heterocycles. The average Bonchev–Trinajstić information content (AvgIpc) is 3.26. The predicted molar refractivity (Wildman–Crippen MR) is 120 cm³/mol. The Morgan fingerprint density at radius 2 is 2.03 bits per heavy atom. The van der Waals surface area contributed by atoms with Gasteiger partial charge in [0, 0.05) is 5.03 Å². The second-order valence-corrected chi connectivity index (χ2v) is 7.64. The van der Waals surface area contributed by atoms with Crippen LogP contribution in [0.1, 0.15) is 31.6 Å². The van der Waals surface area contributed by atoms with Crippen molar-refractivity contribution >= 4 is 45.4 Å². The number of hydrogen-bond acceptors (Lipinski definition) is 7. The summed E-state index contributed by atoms with van der Waals surface area (Å²) >= 11 is 6.41.